The van der Waals surface area contributed by atoms with Gasteiger partial charge in [0.05, 0.1) is 0 Å². The lowest BCUT2D eigenvalue weighted by atomic mass is 9.95. The Bertz CT molecular complexity index is 223. The maximum atomic E-state index is 11.7. The SMILES string of the molecule is CCOCCCC(=O)N[C@H]1CCC[C@H](SC)C1. The number of ether oxygens (including phenoxy) is 1. The maximum absolute atomic E-state index is 11.7. The monoisotopic (exact) mass is 259 g/mol. The molecule has 1 aliphatic carbocycles. The van der Waals surface area contributed by atoms with Crippen LogP contribution in [0.1, 0.15) is 45.4 Å². The Morgan fingerprint density at radius 1 is 1.47 bits per heavy atom. The van der Waals surface area contributed by atoms with E-state index in [0.717, 1.165) is 31.1 Å². The van der Waals surface area contributed by atoms with E-state index in [2.05, 4.69) is 11.6 Å². The van der Waals surface area contributed by atoms with E-state index in [1.54, 1.807) is 0 Å². The number of hydrogen-bond acceptors (Lipinski definition) is 3. The molecule has 0 bridgehead atoms. The lowest BCUT2D eigenvalue weighted by Gasteiger charge is -2.28. The molecule has 100 valence electrons. The van der Waals surface area contributed by atoms with Gasteiger partial charge in [0.2, 0.25) is 5.91 Å². The van der Waals surface area contributed by atoms with Gasteiger partial charge < -0.3 is 10.1 Å². The fraction of sp³-hybridized carbons (Fsp3) is 0.923. The lowest BCUT2D eigenvalue weighted by Crippen LogP contribution is -2.39. The van der Waals surface area contributed by atoms with Crippen molar-refractivity contribution in [1.82, 2.24) is 5.32 Å². The van der Waals surface area contributed by atoms with Crippen molar-refractivity contribution in [3.8, 4) is 0 Å². The quantitative estimate of drug-likeness (QED) is 0.714. The highest BCUT2D eigenvalue weighted by Gasteiger charge is 2.22. The highest BCUT2D eigenvalue weighted by Crippen LogP contribution is 2.26. The highest BCUT2D eigenvalue weighted by molar-refractivity contribution is 7.99. The van der Waals surface area contributed by atoms with Crippen LogP contribution in [0.25, 0.3) is 0 Å². The second kappa shape index (κ2) is 8.81. The summed E-state index contributed by atoms with van der Waals surface area (Å²) in [5.41, 5.74) is 0. The molecular weight excluding hydrogens is 234 g/mol. The molecule has 0 radical (unpaired) electrons. The molecule has 1 saturated carbocycles. The molecule has 4 heteroatoms. The molecule has 0 aliphatic heterocycles. The Morgan fingerprint density at radius 2 is 2.29 bits per heavy atom. The normalized spacial score (nSPS) is 24.6. The van der Waals surface area contributed by atoms with Crippen LogP contribution in [0.4, 0.5) is 0 Å². The molecule has 1 amide bonds. The predicted molar refractivity (Wildman–Crippen MR) is 73.4 cm³/mol. The van der Waals surface area contributed by atoms with Crippen LogP contribution in [0.5, 0.6) is 0 Å². The van der Waals surface area contributed by atoms with Gasteiger partial charge in [0.15, 0.2) is 0 Å². The average molecular weight is 259 g/mol. The van der Waals surface area contributed by atoms with Gasteiger partial charge >= 0.3 is 0 Å². The molecule has 0 unspecified atom stereocenters. The summed E-state index contributed by atoms with van der Waals surface area (Å²) in [6.45, 7) is 3.41. The molecule has 1 aliphatic rings. The topological polar surface area (TPSA) is 38.3 Å². The second-order valence-electron chi connectivity index (χ2n) is 4.59. The van der Waals surface area contributed by atoms with Gasteiger partial charge in [0, 0.05) is 30.9 Å². The third kappa shape index (κ3) is 6.32. The summed E-state index contributed by atoms with van der Waals surface area (Å²) in [5, 5.41) is 3.89. The van der Waals surface area contributed by atoms with E-state index in [0.29, 0.717) is 19.1 Å². The zero-order valence-electron chi connectivity index (χ0n) is 11.0. The second-order valence-corrected chi connectivity index (χ2v) is 5.73. The van der Waals surface area contributed by atoms with Crippen molar-refractivity contribution >= 4 is 17.7 Å². The summed E-state index contributed by atoms with van der Waals surface area (Å²) in [6.07, 6.45) is 8.43. The van der Waals surface area contributed by atoms with E-state index >= 15 is 0 Å². The average Bonchev–Trinajstić information content (AvgIpc) is 2.35. The van der Waals surface area contributed by atoms with Crippen LogP contribution in [-0.2, 0) is 9.53 Å². The van der Waals surface area contributed by atoms with Crippen LogP contribution in [-0.4, -0.2) is 36.7 Å². The van der Waals surface area contributed by atoms with Gasteiger partial charge in [-0.1, -0.05) is 6.42 Å². The Morgan fingerprint density at radius 3 is 3.00 bits per heavy atom. The number of carbonyl (C=O) groups excluding carboxylic acids is 1. The third-order valence-corrected chi connectivity index (χ3v) is 4.32. The van der Waals surface area contributed by atoms with Crippen LogP contribution in [0.3, 0.4) is 0 Å². The summed E-state index contributed by atoms with van der Waals surface area (Å²) < 4.78 is 5.22. The summed E-state index contributed by atoms with van der Waals surface area (Å²) in [5.74, 6) is 0.191. The van der Waals surface area contributed by atoms with Crippen molar-refractivity contribution in [1.29, 1.82) is 0 Å². The molecule has 0 saturated heterocycles. The predicted octanol–water partition coefficient (Wildman–Crippen LogP) is 2.59. The first-order valence-corrected chi connectivity index (χ1v) is 7.95. The van der Waals surface area contributed by atoms with E-state index in [-0.39, 0.29) is 5.91 Å². The fourth-order valence-corrected chi connectivity index (χ4v) is 3.10. The lowest BCUT2D eigenvalue weighted by molar-refractivity contribution is -0.122. The first kappa shape index (κ1) is 14.8. The molecular formula is C13H25NO2S. The summed E-state index contributed by atoms with van der Waals surface area (Å²) in [4.78, 5) is 11.7. The largest absolute Gasteiger partial charge is 0.382 e. The van der Waals surface area contributed by atoms with Crippen molar-refractivity contribution in [3.05, 3.63) is 0 Å². The molecule has 0 aromatic rings. The first-order chi connectivity index (χ1) is 8.26. The number of rotatable bonds is 7. The number of nitrogens with one attached hydrogen (secondary N) is 1. The summed E-state index contributed by atoms with van der Waals surface area (Å²) >= 11 is 1.93. The Balaban J connectivity index is 2.12. The van der Waals surface area contributed by atoms with Gasteiger partial charge in [-0.05, 0) is 38.9 Å². The van der Waals surface area contributed by atoms with Gasteiger partial charge in [0.1, 0.15) is 0 Å². The van der Waals surface area contributed by atoms with Gasteiger partial charge in [-0.3, -0.25) is 4.79 Å². The number of carbonyl (C=O) groups is 1. The Labute approximate surface area is 109 Å². The summed E-state index contributed by atoms with van der Waals surface area (Å²) in [6, 6.07) is 0.404. The van der Waals surface area contributed by atoms with E-state index < -0.39 is 0 Å². The molecule has 17 heavy (non-hydrogen) atoms. The number of amides is 1. The minimum atomic E-state index is 0.191. The number of thioether (sulfide) groups is 1. The van der Waals surface area contributed by atoms with E-state index in [4.69, 9.17) is 4.74 Å². The zero-order valence-corrected chi connectivity index (χ0v) is 11.9. The molecule has 2 atom stereocenters. The van der Waals surface area contributed by atoms with Crippen molar-refractivity contribution in [2.75, 3.05) is 19.5 Å². The van der Waals surface area contributed by atoms with Crippen LogP contribution >= 0.6 is 11.8 Å². The molecule has 0 heterocycles. The van der Waals surface area contributed by atoms with Gasteiger partial charge in [0.25, 0.3) is 0 Å². The smallest absolute Gasteiger partial charge is 0.220 e. The van der Waals surface area contributed by atoms with Crippen LogP contribution in [0, 0.1) is 0 Å². The van der Waals surface area contributed by atoms with Crippen molar-refractivity contribution in [2.24, 2.45) is 0 Å². The Kier molecular flexibility index (Phi) is 7.69. The van der Waals surface area contributed by atoms with E-state index in [1.165, 1.54) is 12.8 Å². The maximum Gasteiger partial charge on any atom is 0.220 e. The highest BCUT2D eigenvalue weighted by atomic mass is 32.2. The minimum absolute atomic E-state index is 0.191. The van der Waals surface area contributed by atoms with E-state index in [1.807, 2.05) is 18.7 Å². The standard InChI is InChI=1S/C13H25NO2S/c1-3-16-9-5-8-13(15)14-11-6-4-7-12(10-11)17-2/h11-12H,3-10H2,1-2H3,(H,14,15)/t11-,12-/m0/s1. The third-order valence-electron chi connectivity index (χ3n) is 3.22. The molecule has 1 fully saturated rings. The minimum Gasteiger partial charge on any atom is -0.382 e. The van der Waals surface area contributed by atoms with Gasteiger partial charge in [-0.25, -0.2) is 0 Å². The van der Waals surface area contributed by atoms with Gasteiger partial charge in [-0.2, -0.15) is 11.8 Å². The molecule has 0 spiro atoms. The van der Waals surface area contributed by atoms with Crippen molar-refractivity contribution in [3.63, 3.8) is 0 Å². The van der Waals surface area contributed by atoms with Crippen LogP contribution < -0.4 is 5.32 Å². The van der Waals surface area contributed by atoms with E-state index in [9.17, 15) is 4.79 Å². The van der Waals surface area contributed by atoms with Crippen molar-refractivity contribution < 1.29 is 9.53 Å². The van der Waals surface area contributed by atoms with Crippen LogP contribution in [0.15, 0.2) is 0 Å². The first-order valence-electron chi connectivity index (χ1n) is 6.66. The zero-order chi connectivity index (χ0) is 12.5. The fourth-order valence-electron chi connectivity index (χ4n) is 2.27. The van der Waals surface area contributed by atoms with Crippen LogP contribution in [0.2, 0.25) is 0 Å². The molecule has 0 aromatic heterocycles. The van der Waals surface area contributed by atoms with Crippen molar-refractivity contribution in [2.45, 2.75) is 56.7 Å². The summed E-state index contributed by atoms with van der Waals surface area (Å²) in [7, 11) is 0. The molecule has 0 aromatic carbocycles. The number of hydrogen-bond donors (Lipinski definition) is 1. The molecule has 1 rings (SSSR count). The molecule has 1 N–H and O–H groups in total. The Hall–Kier alpha value is -0.220. The molecule has 3 nitrogen and oxygen atoms in total. The van der Waals surface area contributed by atoms with Gasteiger partial charge in [-0.15, -0.1) is 0 Å².